The summed E-state index contributed by atoms with van der Waals surface area (Å²) < 4.78 is 57.3. The summed E-state index contributed by atoms with van der Waals surface area (Å²) in [6, 6.07) is 13.1. The normalized spacial score (nSPS) is 40.8. The molecule has 84 heavy (non-hydrogen) atoms. The van der Waals surface area contributed by atoms with Gasteiger partial charge >= 0.3 is 12.1 Å². The molecule has 10 unspecified atom stereocenters. The molecule has 0 saturated heterocycles. The van der Waals surface area contributed by atoms with Crippen molar-refractivity contribution in [3.63, 3.8) is 0 Å². The van der Waals surface area contributed by atoms with Gasteiger partial charge in [-0.05, 0) is 249 Å². The van der Waals surface area contributed by atoms with Crippen molar-refractivity contribution in [1.82, 2.24) is 20.1 Å². The predicted octanol–water partition coefficient (Wildman–Crippen LogP) is 11.3. The Morgan fingerprint density at radius 1 is 0.571 bits per heavy atom. The molecular formula is C67H105N4O10PS2. The average molecular weight is 1220 g/mol. The van der Waals surface area contributed by atoms with E-state index in [0.717, 1.165) is 115 Å². The summed E-state index contributed by atoms with van der Waals surface area (Å²) >= 11 is 0. The van der Waals surface area contributed by atoms with Crippen LogP contribution in [-0.4, -0.2) is 92.5 Å². The topological polar surface area (TPSA) is 231 Å². The molecule has 8 aliphatic carbocycles. The molecule has 8 saturated carbocycles. The van der Waals surface area contributed by atoms with Crippen LogP contribution in [0.15, 0.2) is 64.4 Å². The van der Waals surface area contributed by atoms with Crippen LogP contribution in [0.2, 0.25) is 0 Å². The first kappa shape index (κ1) is 64.1. The Morgan fingerprint density at radius 3 is 1.55 bits per heavy atom. The molecule has 23 atom stereocenters. The number of rotatable bonds is 17. The summed E-state index contributed by atoms with van der Waals surface area (Å²) in [5.41, 5.74) is 1.04. The van der Waals surface area contributed by atoms with Gasteiger partial charge in [-0.3, -0.25) is 0 Å². The highest BCUT2D eigenvalue weighted by Crippen LogP contribution is 2.72. The second-order valence-electron chi connectivity index (χ2n) is 30.6. The third-order valence-corrected chi connectivity index (χ3v) is 29.2. The molecule has 4 amide bonds. The first-order valence-electron chi connectivity index (χ1n) is 32.8. The minimum absolute atomic E-state index is 0.0102. The number of aliphatic hydroxyl groups excluding tert-OH is 4. The molecule has 14 nitrogen and oxygen atoms in total. The maximum atomic E-state index is 13.4. The fraction of sp³-hybridized carbons (Fsp3) is 0.791. The maximum absolute atomic E-state index is 13.4. The molecule has 470 valence electrons. The van der Waals surface area contributed by atoms with E-state index in [1.54, 1.807) is 30.3 Å². The molecule has 0 spiro atoms. The smallest absolute Gasteiger partial charge is 0.328 e. The Bertz CT molecular complexity index is 2880. The molecule has 8 fully saturated rings. The number of aliphatic hydroxyl groups is 4. The number of benzene rings is 2. The third kappa shape index (κ3) is 11.9. The van der Waals surface area contributed by atoms with Crippen LogP contribution in [0.3, 0.4) is 0 Å². The molecule has 0 aliphatic heterocycles. The highest BCUT2D eigenvalue weighted by molar-refractivity contribution is 7.90. The number of carbonyl (C=O) groups excluding carboxylic acids is 2. The molecule has 2 aromatic rings. The standard InChI is InChI=1S/C67H105N4O10PS2/c1-9-46-54-38-42(72)26-32-66(54,7)52-28-34-64(5)48(22-24-50(64)57(52)59(46)74)40(30-36-68-61(76)70-83(78,79)44-15-11-10-12-16-44)14-13-17-47-55-39-43(73)27-33-67(55,8)53-29-35-65(6)49(23-25-51(65)58(53)60(47)75)56(82)31-37-69-62(77)71-84(80,81)45-20-18-41(19-21-45)63(2,3)4/h10-12,15-16,18-21,40,42-43,46-60,72-75H,9,13-14,17,22-39,82H2,1-8H3,(H2,68,70,76)(H2,69,71,77)/t40-,42-,43-,46-,47-,48?,49?,50+,51+,52+,53+,54?,55?,56-,57?,58+,59-,60-,64?,65?,66?,67?/m1/s1. The quantitative estimate of drug-likeness (QED) is 0.0698. The Hall–Kier alpha value is -2.85. The van der Waals surface area contributed by atoms with E-state index in [1.165, 1.54) is 24.3 Å². The van der Waals surface area contributed by atoms with Gasteiger partial charge in [-0.15, -0.1) is 9.24 Å². The van der Waals surface area contributed by atoms with Gasteiger partial charge in [0.25, 0.3) is 20.0 Å². The summed E-state index contributed by atoms with van der Waals surface area (Å²) in [6.07, 6.45) is 16.6. The van der Waals surface area contributed by atoms with E-state index in [2.05, 4.69) is 84.7 Å². The number of hydrogen-bond donors (Lipinski definition) is 8. The second kappa shape index (κ2) is 24.5. The molecule has 0 bridgehead atoms. The van der Waals surface area contributed by atoms with Crippen LogP contribution in [0.5, 0.6) is 0 Å². The number of urea groups is 2. The van der Waals surface area contributed by atoms with Crippen molar-refractivity contribution in [1.29, 1.82) is 0 Å². The lowest BCUT2D eigenvalue weighted by atomic mass is 9.41. The highest BCUT2D eigenvalue weighted by atomic mass is 32.2. The van der Waals surface area contributed by atoms with Crippen molar-refractivity contribution in [3.05, 3.63) is 60.2 Å². The summed E-state index contributed by atoms with van der Waals surface area (Å²) in [7, 11) is -5.04. The monoisotopic (exact) mass is 1220 g/mol. The number of sulfonamides is 2. The molecule has 17 heteroatoms. The lowest BCUT2D eigenvalue weighted by Gasteiger charge is -2.65. The minimum Gasteiger partial charge on any atom is -0.393 e. The van der Waals surface area contributed by atoms with Crippen LogP contribution in [-0.2, 0) is 25.5 Å². The van der Waals surface area contributed by atoms with Crippen LogP contribution >= 0.6 is 9.24 Å². The van der Waals surface area contributed by atoms with Gasteiger partial charge in [-0.1, -0.05) is 105 Å². The van der Waals surface area contributed by atoms with Crippen LogP contribution in [0, 0.1) is 98.6 Å². The number of nitrogens with one attached hydrogen (secondary N) is 4. The molecule has 0 heterocycles. The highest BCUT2D eigenvalue weighted by Gasteiger charge is 2.67. The largest absolute Gasteiger partial charge is 0.393 e. The number of fused-ring (bicyclic) bond motifs is 10. The van der Waals surface area contributed by atoms with E-state index in [-0.39, 0.29) is 84.1 Å². The van der Waals surface area contributed by atoms with Crippen LogP contribution < -0.4 is 20.1 Å². The lowest BCUT2D eigenvalue weighted by Crippen LogP contribution is -2.62. The Labute approximate surface area is 506 Å². The second-order valence-corrected chi connectivity index (χ2v) is 34.8. The van der Waals surface area contributed by atoms with E-state index >= 15 is 0 Å². The zero-order valence-corrected chi connectivity index (χ0v) is 54.6. The van der Waals surface area contributed by atoms with Crippen molar-refractivity contribution in [3.8, 4) is 0 Å². The van der Waals surface area contributed by atoms with Crippen molar-refractivity contribution >= 4 is 41.3 Å². The van der Waals surface area contributed by atoms with Gasteiger partial charge in [0, 0.05) is 13.1 Å². The Morgan fingerprint density at radius 2 is 1.02 bits per heavy atom. The van der Waals surface area contributed by atoms with Crippen molar-refractivity contribution in [2.75, 3.05) is 13.1 Å². The fourth-order valence-corrected chi connectivity index (χ4v) is 24.3. The molecule has 2 aromatic carbocycles. The van der Waals surface area contributed by atoms with E-state index < -0.39 is 50.4 Å². The zero-order valence-electron chi connectivity index (χ0n) is 51.8. The van der Waals surface area contributed by atoms with E-state index in [9.17, 15) is 46.9 Å². The third-order valence-electron chi connectivity index (χ3n) is 25.8. The van der Waals surface area contributed by atoms with Crippen LogP contribution in [0.25, 0.3) is 0 Å². The minimum atomic E-state index is -4.07. The molecule has 0 radical (unpaired) electrons. The molecular weight excluding hydrogens is 1120 g/mol. The molecule has 8 N–H and O–H groups in total. The van der Waals surface area contributed by atoms with Gasteiger partial charge in [-0.25, -0.2) is 35.9 Å². The summed E-state index contributed by atoms with van der Waals surface area (Å²) in [4.78, 5) is 26.6. The van der Waals surface area contributed by atoms with Gasteiger partial charge in [0.2, 0.25) is 0 Å². The number of amides is 4. The Kier molecular flexibility index (Phi) is 18.7. The predicted molar refractivity (Wildman–Crippen MR) is 332 cm³/mol. The van der Waals surface area contributed by atoms with Crippen LogP contribution in [0.1, 0.15) is 189 Å². The van der Waals surface area contributed by atoms with Gasteiger partial charge < -0.3 is 31.1 Å². The summed E-state index contributed by atoms with van der Waals surface area (Å²) in [5.74, 6) is 3.28. The Balaban J connectivity index is 0.837. The van der Waals surface area contributed by atoms with Gasteiger partial charge in [0.1, 0.15) is 0 Å². The summed E-state index contributed by atoms with van der Waals surface area (Å²) in [6.45, 7) is 19.0. The average Bonchev–Trinajstić information content (AvgIpc) is 1.26. The van der Waals surface area contributed by atoms with E-state index in [4.69, 9.17) is 0 Å². The van der Waals surface area contributed by atoms with E-state index in [1.807, 2.05) is 0 Å². The number of carbonyl (C=O) groups is 2. The van der Waals surface area contributed by atoms with E-state index in [0.29, 0.717) is 73.8 Å². The molecule has 8 aliphatic rings. The van der Waals surface area contributed by atoms with Crippen molar-refractivity contribution < 1.29 is 46.9 Å². The van der Waals surface area contributed by atoms with Gasteiger partial charge in [-0.2, -0.15) is 0 Å². The van der Waals surface area contributed by atoms with Gasteiger partial charge in [0.15, 0.2) is 0 Å². The fourth-order valence-electron chi connectivity index (χ4n) is 21.6. The number of hydrogen-bond acceptors (Lipinski definition) is 10. The first-order valence-corrected chi connectivity index (χ1v) is 36.5. The zero-order chi connectivity index (χ0) is 60.5. The SMILES string of the molecule is CC[C@@H]1C2C[C@H](O)CCC2(C)[C@H]2CCC3(C)C([C@H](CCC[C@@H]4C5C[C@H](O)CCC5(C)[C@H]5CCC6(C)C([C@H](P)CCNC(=O)NS(=O)(=O)c7ccc(C(C)(C)C)cc7)CC[C@H]6[C@@H]5[C@@H]4O)CCNC(=O)NS(=O)(=O)c4ccccc4)CC[C@H]3C2[C@@H]1O. The maximum Gasteiger partial charge on any atom is 0.328 e. The van der Waals surface area contributed by atoms with Crippen molar-refractivity contribution in [2.24, 2.45) is 98.6 Å². The van der Waals surface area contributed by atoms with Gasteiger partial charge in [0.05, 0.1) is 34.2 Å². The molecule has 0 aromatic heterocycles. The summed E-state index contributed by atoms with van der Waals surface area (Å²) in [5, 5.41) is 54.0. The lowest BCUT2D eigenvalue weighted by molar-refractivity contribution is -0.204. The van der Waals surface area contributed by atoms with Crippen LogP contribution in [0.4, 0.5) is 9.59 Å². The molecule has 10 rings (SSSR count). The first-order chi connectivity index (χ1) is 39.6. The van der Waals surface area contributed by atoms with Crippen molar-refractivity contribution in [2.45, 2.75) is 229 Å².